The molecule has 0 spiro atoms. The summed E-state index contributed by atoms with van der Waals surface area (Å²) in [5.74, 6) is -0.0286. The number of nitrogens with two attached hydrogens (primary N) is 1. The molecule has 0 radical (unpaired) electrons. The van der Waals surface area contributed by atoms with Crippen LogP contribution in [0.1, 0.15) is 0 Å². The molecule has 0 amide bonds. The molecular formula is C7H14N4O3S2. The Morgan fingerprint density at radius 1 is 1.56 bits per heavy atom. The van der Waals surface area contributed by atoms with Crippen LogP contribution in [0.15, 0.2) is 4.90 Å². The molecule has 0 aromatic carbocycles. The quantitative estimate of drug-likeness (QED) is 0.655. The van der Waals surface area contributed by atoms with Crippen molar-refractivity contribution in [3.8, 4) is 0 Å². The fraction of sp³-hybridized carbons (Fsp3) is 0.571. The van der Waals surface area contributed by atoms with Crippen LogP contribution in [0.3, 0.4) is 0 Å². The van der Waals surface area contributed by atoms with Crippen molar-refractivity contribution in [1.29, 1.82) is 0 Å². The molecule has 0 unspecified atom stereocenters. The van der Waals surface area contributed by atoms with Gasteiger partial charge in [-0.2, -0.15) is 4.37 Å². The number of sulfonamides is 1. The number of hydrogen-bond donors (Lipinski definition) is 3. The van der Waals surface area contributed by atoms with Gasteiger partial charge in [-0.15, -0.1) is 0 Å². The SMILES string of the molecule is CN(C)S(=O)(=O)c1c(N)nsc1NCCO. The van der Waals surface area contributed by atoms with Gasteiger partial charge in [-0.1, -0.05) is 0 Å². The molecule has 16 heavy (non-hydrogen) atoms. The van der Waals surface area contributed by atoms with Gasteiger partial charge in [-0.25, -0.2) is 12.7 Å². The van der Waals surface area contributed by atoms with E-state index in [9.17, 15) is 8.42 Å². The Morgan fingerprint density at radius 2 is 2.19 bits per heavy atom. The van der Waals surface area contributed by atoms with E-state index in [1.807, 2.05) is 0 Å². The third-order valence-electron chi connectivity index (χ3n) is 1.81. The first-order valence-electron chi connectivity index (χ1n) is 4.43. The van der Waals surface area contributed by atoms with E-state index in [-0.39, 0.29) is 23.9 Å². The minimum Gasteiger partial charge on any atom is -0.395 e. The maximum absolute atomic E-state index is 11.9. The highest BCUT2D eigenvalue weighted by Gasteiger charge is 2.27. The Kier molecular flexibility index (Phi) is 4.08. The van der Waals surface area contributed by atoms with Crippen LogP contribution in [0.5, 0.6) is 0 Å². The standard InChI is InChI=1S/C7H14N4O3S2/c1-11(2)16(13,14)5-6(8)10-15-7(5)9-3-4-12/h9,12H,3-4H2,1-2H3,(H2,8,10). The van der Waals surface area contributed by atoms with Gasteiger partial charge in [0.1, 0.15) is 5.00 Å². The first kappa shape index (κ1) is 13.2. The van der Waals surface area contributed by atoms with Gasteiger partial charge in [0.25, 0.3) is 0 Å². The van der Waals surface area contributed by atoms with Gasteiger partial charge in [0, 0.05) is 20.6 Å². The molecule has 0 aliphatic rings. The molecule has 0 saturated heterocycles. The molecule has 4 N–H and O–H groups in total. The van der Waals surface area contributed by atoms with Crippen molar-refractivity contribution >= 4 is 32.4 Å². The number of rotatable bonds is 5. The van der Waals surface area contributed by atoms with Gasteiger partial charge >= 0.3 is 0 Å². The summed E-state index contributed by atoms with van der Waals surface area (Å²) in [5.41, 5.74) is 5.53. The Labute approximate surface area is 98.1 Å². The van der Waals surface area contributed by atoms with Gasteiger partial charge in [0.2, 0.25) is 10.0 Å². The van der Waals surface area contributed by atoms with Crippen LogP contribution in [0.25, 0.3) is 0 Å². The summed E-state index contributed by atoms with van der Waals surface area (Å²) in [6.45, 7) is 0.150. The second-order valence-electron chi connectivity index (χ2n) is 3.16. The van der Waals surface area contributed by atoms with Crippen molar-refractivity contribution in [2.75, 3.05) is 38.3 Å². The second kappa shape index (κ2) is 4.95. The van der Waals surface area contributed by atoms with E-state index < -0.39 is 10.0 Å². The Hall–Kier alpha value is -0.900. The molecule has 0 atom stereocenters. The van der Waals surface area contributed by atoms with Gasteiger partial charge < -0.3 is 16.2 Å². The second-order valence-corrected chi connectivity index (χ2v) is 6.03. The molecule has 9 heteroatoms. The number of nitrogens with zero attached hydrogens (tertiary/aromatic N) is 2. The number of nitrogen functional groups attached to an aromatic ring is 1. The minimum atomic E-state index is -3.61. The van der Waals surface area contributed by atoms with E-state index >= 15 is 0 Å². The number of hydrogen-bond acceptors (Lipinski definition) is 7. The molecule has 1 rings (SSSR count). The Balaban J connectivity index is 3.17. The molecule has 0 aliphatic carbocycles. The largest absolute Gasteiger partial charge is 0.395 e. The summed E-state index contributed by atoms with van der Waals surface area (Å²) >= 11 is 0.957. The average Bonchev–Trinajstić information content (AvgIpc) is 2.56. The normalized spacial score (nSPS) is 12.0. The van der Waals surface area contributed by atoms with Crippen LogP contribution >= 0.6 is 11.5 Å². The lowest BCUT2D eigenvalue weighted by molar-refractivity contribution is 0.311. The first-order valence-corrected chi connectivity index (χ1v) is 6.65. The van der Waals surface area contributed by atoms with Crippen molar-refractivity contribution in [2.45, 2.75) is 4.90 Å². The predicted octanol–water partition coefficient (Wildman–Crippen LogP) is -0.620. The minimum absolute atomic E-state index is 0.0286. The highest BCUT2D eigenvalue weighted by atomic mass is 32.2. The lowest BCUT2D eigenvalue weighted by atomic mass is 10.6. The van der Waals surface area contributed by atoms with E-state index in [4.69, 9.17) is 10.8 Å². The molecule has 0 bridgehead atoms. The summed E-state index contributed by atoms with van der Waals surface area (Å²) in [5, 5.41) is 11.8. The maximum Gasteiger partial charge on any atom is 0.249 e. The van der Waals surface area contributed by atoms with Crippen molar-refractivity contribution in [1.82, 2.24) is 8.68 Å². The number of anilines is 2. The highest BCUT2D eigenvalue weighted by Crippen LogP contribution is 2.32. The van der Waals surface area contributed by atoms with Crippen molar-refractivity contribution in [2.24, 2.45) is 0 Å². The summed E-state index contributed by atoms with van der Waals surface area (Å²) in [7, 11) is -0.775. The van der Waals surface area contributed by atoms with Gasteiger partial charge in [0.15, 0.2) is 10.7 Å². The number of nitrogens with one attached hydrogen (secondary N) is 1. The van der Waals surface area contributed by atoms with Gasteiger partial charge in [0.05, 0.1) is 6.61 Å². The lowest BCUT2D eigenvalue weighted by Crippen LogP contribution is -2.23. The van der Waals surface area contributed by atoms with E-state index in [1.165, 1.54) is 14.1 Å². The fourth-order valence-corrected chi connectivity index (χ4v) is 3.11. The van der Waals surface area contributed by atoms with E-state index in [0.29, 0.717) is 5.00 Å². The van der Waals surface area contributed by atoms with E-state index in [1.54, 1.807) is 0 Å². The number of aromatic nitrogens is 1. The predicted molar refractivity (Wildman–Crippen MR) is 63.0 cm³/mol. The monoisotopic (exact) mass is 266 g/mol. The zero-order chi connectivity index (χ0) is 12.3. The van der Waals surface area contributed by atoms with Crippen LogP contribution in [0.4, 0.5) is 10.8 Å². The van der Waals surface area contributed by atoms with Crippen LogP contribution in [-0.4, -0.2) is 49.5 Å². The molecule has 92 valence electrons. The molecule has 1 aromatic rings. The van der Waals surface area contributed by atoms with Crippen molar-refractivity contribution in [3.63, 3.8) is 0 Å². The number of aliphatic hydroxyl groups is 1. The fourth-order valence-electron chi connectivity index (χ4n) is 1.01. The number of aliphatic hydroxyl groups excluding tert-OH is 1. The van der Waals surface area contributed by atoms with Crippen LogP contribution in [-0.2, 0) is 10.0 Å². The van der Waals surface area contributed by atoms with Crippen molar-refractivity contribution < 1.29 is 13.5 Å². The zero-order valence-corrected chi connectivity index (χ0v) is 10.6. The van der Waals surface area contributed by atoms with Crippen LogP contribution in [0, 0.1) is 0 Å². The van der Waals surface area contributed by atoms with Crippen LogP contribution in [0.2, 0.25) is 0 Å². The molecule has 0 fully saturated rings. The average molecular weight is 266 g/mol. The molecule has 0 saturated carbocycles. The first-order chi connectivity index (χ1) is 7.41. The summed E-state index contributed by atoms with van der Waals surface area (Å²) in [6, 6.07) is 0. The van der Waals surface area contributed by atoms with Gasteiger partial charge in [-0.05, 0) is 11.5 Å². The molecule has 0 aliphatic heterocycles. The summed E-state index contributed by atoms with van der Waals surface area (Å²) < 4.78 is 28.7. The topological polar surface area (TPSA) is 109 Å². The maximum atomic E-state index is 11.9. The smallest absolute Gasteiger partial charge is 0.249 e. The third kappa shape index (κ3) is 2.43. The zero-order valence-electron chi connectivity index (χ0n) is 8.97. The molecule has 1 aromatic heterocycles. The van der Waals surface area contributed by atoms with E-state index in [0.717, 1.165) is 15.8 Å². The van der Waals surface area contributed by atoms with Gasteiger partial charge in [-0.3, -0.25) is 0 Å². The summed E-state index contributed by atoms with van der Waals surface area (Å²) in [4.78, 5) is -0.0315. The molecule has 1 heterocycles. The molecular weight excluding hydrogens is 252 g/mol. The Morgan fingerprint density at radius 3 is 2.69 bits per heavy atom. The summed E-state index contributed by atoms with van der Waals surface area (Å²) in [6.07, 6.45) is 0. The lowest BCUT2D eigenvalue weighted by Gasteiger charge is -2.12. The van der Waals surface area contributed by atoms with Crippen LogP contribution < -0.4 is 11.1 Å². The molecule has 7 nitrogen and oxygen atoms in total. The van der Waals surface area contributed by atoms with Crippen molar-refractivity contribution in [3.05, 3.63) is 0 Å². The highest BCUT2D eigenvalue weighted by molar-refractivity contribution is 7.89. The Bertz CT molecular complexity index is 454. The van der Waals surface area contributed by atoms with E-state index in [2.05, 4.69) is 9.69 Å². The third-order valence-corrected chi connectivity index (χ3v) is 4.65.